The number of benzene rings is 2. The Morgan fingerprint density at radius 2 is 1.53 bits per heavy atom. The third kappa shape index (κ3) is 2.64. The van der Waals surface area contributed by atoms with Gasteiger partial charge in [-0.25, -0.2) is 0 Å². The van der Waals surface area contributed by atoms with Crippen molar-refractivity contribution in [2.24, 2.45) is 5.73 Å². The molecule has 0 amide bonds. The number of rotatable bonds is 3. The second kappa shape index (κ2) is 5.06. The van der Waals surface area contributed by atoms with Crippen LogP contribution in [0.4, 0.5) is 0 Å². The second-order valence-corrected chi connectivity index (χ2v) is 5.27. The van der Waals surface area contributed by atoms with Crippen LogP contribution in [-0.2, 0) is 5.54 Å². The topological polar surface area (TPSA) is 35.2 Å². The van der Waals surface area contributed by atoms with Crippen LogP contribution in [-0.4, -0.2) is 7.11 Å². The SMILES string of the molecule is COc1ccc(C)cc1C(C)(N)c1ccc(C)cc1. The van der Waals surface area contributed by atoms with E-state index in [0.717, 1.165) is 16.9 Å². The first-order valence-electron chi connectivity index (χ1n) is 6.46. The van der Waals surface area contributed by atoms with E-state index in [1.807, 2.05) is 19.1 Å². The van der Waals surface area contributed by atoms with Crippen molar-refractivity contribution in [2.75, 3.05) is 7.11 Å². The Labute approximate surface area is 115 Å². The molecule has 0 saturated heterocycles. The molecule has 0 aliphatic carbocycles. The number of nitrogens with two attached hydrogens (primary N) is 1. The van der Waals surface area contributed by atoms with Gasteiger partial charge in [0, 0.05) is 5.56 Å². The predicted octanol–water partition coefficient (Wildman–Crippen LogP) is 3.53. The predicted molar refractivity (Wildman–Crippen MR) is 79.6 cm³/mol. The summed E-state index contributed by atoms with van der Waals surface area (Å²) in [6, 6.07) is 14.4. The van der Waals surface area contributed by atoms with Gasteiger partial charge in [0.15, 0.2) is 0 Å². The summed E-state index contributed by atoms with van der Waals surface area (Å²) in [5.41, 5.74) is 10.5. The lowest BCUT2D eigenvalue weighted by atomic mass is 9.84. The van der Waals surface area contributed by atoms with E-state index in [-0.39, 0.29) is 0 Å². The summed E-state index contributed by atoms with van der Waals surface area (Å²) in [7, 11) is 1.68. The maximum absolute atomic E-state index is 6.57. The maximum atomic E-state index is 6.57. The average Bonchev–Trinajstić information content (AvgIpc) is 2.39. The molecule has 0 saturated carbocycles. The van der Waals surface area contributed by atoms with Gasteiger partial charge in [-0.2, -0.15) is 0 Å². The molecular formula is C17H21NO. The molecule has 0 aromatic heterocycles. The largest absolute Gasteiger partial charge is 0.496 e. The van der Waals surface area contributed by atoms with Crippen LogP contribution in [0.5, 0.6) is 5.75 Å². The molecule has 2 aromatic carbocycles. The Hall–Kier alpha value is -1.80. The minimum Gasteiger partial charge on any atom is -0.496 e. The number of hydrogen-bond acceptors (Lipinski definition) is 2. The Morgan fingerprint density at radius 3 is 2.11 bits per heavy atom. The molecule has 0 aliphatic rings. The van der Waals surface area contributed by atoms with Crippen LogP contribution in [0.25, 0.3) is 0 Å². The monoisotopic (exact) mass is 255 g/mol. The summed E-state index contributed by atoms with van der Waals surface area (Å²) in [4.78, 5) is 0. The van der Waals surface area contributed by atoms with E-state index in [1.54, 1.807) is 7.11 Å². The van der Waals surface area contributed by atoms with Gasteiger partial charge in [0.2, 0.25) is 0 Å². The molecule has 1 atom stereocenters. The molecule has 0 radical (unpaired) electrons. The molecular weight excluding hydrogens is 234 g/mol. The second-order valence-electron chi connectivity index (χ2n) is 5.27. The van der Waals surface area contributed by atoms with Crippen molar-refractivity contribution in [1.82, 2.24) is 0 Å². The minimum absolute atomic E-state index is 0.564. The zero-order valence-electron chi connectivity index (χ0n) is 12.0. The van der Waals surface area contributed by atoms with E-state index >= 15 is 0 Å². The van der Waals surface area contributed by atoms with Crippen LogP contribution in [0, 0.1) is 13.8 Å². The van der Waals surface area contributed by atoms with Crippen LogP contribution in [0.3, 0.4) is 0 Å². The molecule has 0 spiro atoms. The van der Waals surface area contributed by atoms with E-state index in [9.17, 15) is 0 Å². The van der Waals surface area contributed by atoms with Crippen molar-refractivity contribution in [3.63, 3.8) is 0 Å². The van der Waals surface area contributed by atoms with E-state index in [2.05, 4.69) is 44.2 Å². The van der Waals surface area contributed by atoms with Crippen LogP contribution in [0.2, 0.25) is 0 Å². The lowest BCUT2D eigenvalue weighted by Gasteiger charge is -2.28. The molecule has 19 heavy (non-hydrogen) atoms. The van der Waals surface area contributed by atoms with Crippen molar-refractivity contribution < 1.29 is 4.74 Å². The number of ether oxygens (including phenoxy) is 1. The normalized spacial score (nSPS) is 13.9. The Morgan fingerprint density at radius 1 is 0.947 bits per heavy atom. The Bertz CT molecular complexity index is 570. The smallest absolute Gasteiger partial charge is 0.124 e. The van der Waals surface area contributed by atoms with Gasteiger partial charge in [0.1, 0.15) is 5.75 Å². The van der Waals surface area contributed by atoms with Crippen LogP contribution < -0.4 is 10.5 Å². The molecule has 2 nitrogen and oxygen atoms in total. The lowest BCUT2D eigenvalue weighted by Crippen LogP contribution is -2.34. The first kappa shape index (κ1) is 13.6. The van der Waals surface area contributed by atoms with E-state index in [4.69, 9.17) is 10.5 Å². The van der Waals surface area contributed by atoms with Crippen LogP contribution >= 0.6 is 0 Å². The van der Waals surface area contributed by atoms with Crippen LogP contribution in [0.15, 0.2) is 42.5 Å². The fourth-order valence-corrected chi connectivity index (χ4v) is 2.28. The van der Waals surface area contributed by atoms with E-state index in [0.29, 0.717) is 0 Å². The molecule has 2 rings (SSSR count). The van der Waals surface area contributed by atoms with Gasteiger partial charge in [0.05, 0.1) is 12.6 Å². The van der Waals surface area contributed by atoms with Gasteiger partial charge in [-0.1, -0.05) is 47.5 Å². The Kier molecular flexibility index (Phi) is 3.63. The highest BCUT2D eigenvalue weighted by molar-refractivity contribution is 5.47. The zero-order valence-corrected chi connectivity index (χ0v) is 12.0. The molecule has 0 bridgehead atoms. The third-order valence-corrected chi connectivity index (χ3v) is 3.57. The Balaban J connectivity index is 2.55. The maximum Gasteiger partial charge on any atom is 0.124 e. The number of hydrogen-bond donors (Lipinski definition) is 1. The van der Waals surface area contributed by atoms with Crippen molar-refractivity contribution in [3.05, 3.63) is 64.7 Å². The highest BCUT2D eigenvalue weighted by Gasteiger charge is 2.27. The zero-order chi connectivity index (χ0) is 14.0. The van der Waals surface area contributed by atoms with Gasteiger partial charge < -0.3 is 10.5 Å². The van der Waals surface area contributed by atoms with E-state index in [1.165, 1.54) is 11.1 Å². The van der Waals surface area contributed by atoms with Gasteiger partial charge in [-0.15, -0.1) is 0 Å². The molecule has 0 fully saturated rings. The summed E-state index contributed by atoms with van der Waals surface area (Å²) in [5.74, 6) is 0.830. The molecule has 1 unspecified atom stereocenters. The van der Waals surface area contributed by atoms with Gasteiger partial charge >= 0.3 is 0 Å². The molecule has 2 heteroatoms. The van der Waals surface area contributed by atoms with Crippen molar-refractivity contribution >= 4 is 0 Å². The van der Waals surface area contributed by atoms with Gasteiger partial charge in [-0.05, 0) is 32.4 Å². The quantitative estimate of drug-likeness (QED) is 0.910. The van der Waals surface area contributed by atoms with Crippen molar-refractivity contribution in [3.8, 4) is 5.75 Å². The molecule has 100 valence electrons. The highest BCUT2D eigenvalue weighted by Crippen LogP contribution is 2.34. The minimum atomic E-state index is -0.564. The number of aryl methyl sites for hydroxylation is 2. The van der Waals surface area contributed by atoms with Gasteiger partial charge in [0.25, 0.3) is 0 Å². The molecule has 2 N–H and O–H groups in total. The van der Waals surface area contributed by atoms with Gasteiger partial charge in [-0.3, -0.25) is 0 Å². The standard InChI is InChI=1S/C17H21NO/c1-12-5-8-14(9-6-12)17(3,18)15-11-13(2)7-10-16(15)19-4/h5-11H,18H2,1-4H3. The molecule has 0 heterocycles. The molecule has 0 aliphatic heterocycles. The fourth-order valence-electron chi connectivity index (χ4n) is 2.28. The van der Waals surface area contributed by atoms with E-state index < -0.39 is 5.54 Å². The highest BCUT2D eigenvalue weighted by atomic mass is 16.5. The van der Waals surface area contributed by atoms with Crippen LogP contribution in [0.1, 0.15) is 29.2 Å². The summed E-state index contributed by atoms with van der Waals surface area (Å²) < 4.78 is 5.45. The van der Waals surface area contributed by atoms with Crippen molar-refractivity contribution in [2.45, 2.75) is 26.3 Å². The molecule has 2 aromatic rings. The first-order valence-corrected chi connectivity index (χ1v) is 6.46. The average molecular weight is 255 g/mol. The lowest BCUT2D eigenvalue weighted by molar-refractivity contribution is 0.398. The summed E-state index contributed by atoms with van der Waals surface area (Å²) in [6.07, 6.45) is 0. The van der Waals surface area contributed by atoms with Crippen molar-refractivity contribution in [1.29, 1.82) is 0 Å². The fraction of sp³-hybridized carbons (Fsp3) is 0.294. The first-order chi connectivity index (χ1) is 8.95. The summed E-state index contributed by atoms with van der Waals surface area (Å²) >= 11 is 0. The summed E-state index contributed by atoms with van der Waals surface area (Å²) in [5, 5.41) is 0. The summed E-state index contributed by atoms with van der Waals surface area (Å²) in [6.45, 7) is 6.16. The third-order valence-electron chi connectivity index (χ3n) is 3.57. The number of methoxy groups -OCH3 is 1.